The maximum atomic E-state index is 5.80. The van der Waals surface area contributed by atoms with Crippen LogP contribution in [0.2, 0.25) is 0 Å². The molecule has 2 saturated heterocycles. The summed E-state index contributed by atoms with van der Waals surface area (Å²) in [6, 6.07) is 10.8. The SMILES string of the molecule is C[C@H]1CO[C@H]2[C@@H]1OC[C@@H]2NCc1ccccc1. The Morgan fingerprint density at radius 2 is 1.88 bits per heavy atom. The number of nitrogens with one attached hydrogen (secondary N) is 1. The van der Waals surface area contributed by atoms with E-state index in [4.69, 9.17) is 9.47 Å². The Morgan fingerprint density at radius 1 is 1.12 bits per heavy atom. The van der Waals surface area contributed by atoms with Gasteiger partial charge in [-0.3, -0.25) is 0 Å². The molecule has 3 nitrogen and oxygen atoms in total. The Morgan fingerprint density at radius 3 is 2.71 bits per heavy atom. The third-order valence-corrected chi connectivity index (χ3v) is 3.71. The molecule has 3 heteroatoms. The fraction of sp³-hybridized carbons (Fsp3) is 0.571. The molecule has 0 unspecified atom stereocenters. The molecule has 1 aromatic rings. The van der Waals surface area contributed by atoms with Gasteiger partial charge in [-0.15, -0.1) is 0 Å². The second kappa shape index (κ2) is 4.77. The summed E-state index contributed by atoms with van der Waals surface area (Å²) in [6.07, 6.45) is 0.539. The zero-order valence-corrected chi connectivity index (χ0v) is 10.1. The zero-order chi connectivity index (χ0) is 11.7. The van der Waals surface area contributed by atoms with Crippen molar-refractivity contribution in [3.8, 4) is 0 Å². The molecule has 0 radical (unpaired) electrons. The summed E-state index contributed by atoms with van der Waals surface area (Å²) in [6.45, 7) is 4.69. The number of fused-ring (bicyclic) bond motifs is 1. The fourth-order valence-electron chi connectivity index (χ4n) is 2.71. The van der Waals surface area contributed by atoms with Crippen molar-refractivity contribution in [2.45, 2.75) is 31.7 Å². The van der Waals surface area contributed by atoms with Gasteiger partial charge in [-0.25, -0.2) is 0 Å². The molecule has 2 fully saturated rings. The molecule has 3 rings (SSSR count). The number of benzene rings is 1. The van der Waals surface area contributed by atoms with Gasteiger partial charge in [0.2, 0.25) is 0 Å². The van der Waals surface area contributed by atoms with E-state index in [-0.39, 0.29) is 6.10 Å². The minimum atomic E-state index is 0.244. The molecule has 92 valence electrons. The predicted octanol–water partition coefficient (Wildman–Crippen LogP) is 1.58. The van der Waals surface area contributed by atoms with Crippen molar-refractivity contribution < 1.29 is 9.47 Å². The molecule has 1 N–H and O–H groups in total. The van der Waals surface area contributed by atoms with Crippen LogP contribution in [0.3, 0.4) is 0 Å². The molecule has 1 aromatic carbocycles. The smallest absolute Gasteiger partial charge is 0.101 e. The van der Waals surface area contributed by atoms with E-state index in [1.165, 1.54) is 5.56 Å². The van der Waals surface area contributed by atoms with Crippen molar-refractivity contribution in [2.75, 3.05) is 13.2 Å². The lowest BCUT2D eigenvalue weighted by atomic mass is 10.0. The molecular formula is C14H19NO2. The fourth-order valence-corrected chi connectivity index (χ4v) is 2.71. The molecule has 0 aromatic heterocycles. The average molecular weight is 233 g/mol. The van der Waals surface area contributed by atoms with Gasteiger partial charge in [0.1, 0.15) is 6.10 Å². The summed E-state index contributed by atoms with van der Waals surface area (Å²) in [5, 5.41) is 3.54. The van der Waals surface area contributed by atoms with Crippen LogP contribution >= 0.6 is 0 Å². The highest BCUT2D eigenvalue weighted by atomic mass is 16.6. The van der Waals surface area contributed by atoms with Crippen molar-refractivity contribution in [2.24, 2.45) is 5.92 Å². The van der Waals surface area contributed by atoms with Crippen molar-refractivity contribution in [3.63, 3.8) is 0 Å². The Hall–Kier alpha value is -0.900. The molecule has 0 aliphatic carbocycles. The van der Waals surface area contributed by atoms with E-state index < -0.39 is 0 Å². The predicted molar refractivity (Wildman–Crippen MR) is 65.7 cm³/mol. The Kier molecular flexibility index (Phi) is 3.14. The first-order valence-corrected chi connectivity index (χ1v) is 6.35. The van der Waals surface area contributed by atoms with Crippen molar-refractivity contribution in [3.05, 3.63) is 35.9 Å². The highest BCUT2D eigenvalue weighted by molar-refractivity contribution is 5.14. The van der Waals surface area contributed by atoms with Gasteiger partial charge in [0.25, 0.3) is 0 Å². The Bertz CT molecular complexity index is 368. The maximum absolute atomic E-state index is 5.80. The van der Waals surface area contributed by atoms with Gasteiger partial charge in [-0.05, 0) is 5.56 Å². The summed E-state index contributed by atoms with van der Waals surface area (Å²) < 4.78 is 11.6. The van der Waals surface area contributed by atoms with E-state index >= 15 is 0 Å². The largest absolute Gasteiger partial charge is 0.373 e. The highest BCUT2D eigenvalue weighted by Gasteiger charge is 2.45. The summed E-state index contributed by atoms with van der Waals surface area (Å²) in [5.41, 5.74) is 1.31. The number of hydrogen-bond acceptors (Lipinski definition) is 3. The molecular weight excluding hydrogens is 214 g/mol. The number of rotatable bonds is 3. The van der Waals surface area contributed by atoms with E-state index in [1.54, 1.807) is 0 Å². The molecule has 2 aliphatic rings. The van der Waals surface area contributed by atoms with Crippen LogP contribution in [0.25, 0.3) is 0 Å². The average Bonchev–Trinajstić information content (AvgIpc) is 2.92. The zero-order valence-electron chi connectivity index (χ0n) is 10.1. The lowest BCUT2D eigenvalue weighted by Crippen LogP contribution is -2.40. The van der Waals surface area contributed by atoms with E-state index in [0.29, 0.717) is 18.1 Å². The first-order chi connectivity index (χ1) is 8.34. The summed E-state index contributed by atoms with van der Waals surface area (Å²) in [7, 11) is 0. The second-order valence-corrected chi connectivity index (χ2v) is 5.05. The third-order valence-electron chi connectivity index (χ3n) is 3.71. The first kappa shape index (κ1) is 11.2. The van der Waals surface area contributed by atoms with E-state index in [0.717, 1.165) is 19.8 Å². The minimum Gasteiger partial charge on any atom is -0.373 e. The van der Waals surface area contributed by atoms with Gasteiger partial charge in [0.15, 0.2) is 0 Å². The Labute approximate surface area is 102 Å². The van der Waals surface area contributed by atoms with Gasteiger partial charge in [-0.2, -0.15) is 0 Å². The van der Waals surface area contributed by atoms with E-state index in [1.807, 2.05) is 6.07 Å². The lowest BCUT2D eigenvalue weighted by Gasteiger charge is -2.17. The quantitative estimate of drug-likeness (QED) is 0.860. The second-order valence-electron chi connectivity index (χ2n) is 5.05. The summed E-state index contributed by atoms with van der Waals surface area (Å²) in [4.78, 5) is 0. The van der Waals surface area contributed by atoms with Crippen LogP contribution in [0, 0.1) is 5.92 Å². The van der Waals surface area contributed by atoms with Crippen LogP contribution in [0.1, 0.15) is 12.5 Å². The third kappa shape index (κ3) is 2.23. The summed E-state index contributed by atoms with van der Waals surface area (Å²) in [5.74, 6) is 0.531. The van der Waals surface area contributed by atoms with Crippen LogP contribution in [0.5, 0.6) is 0 Å². The topological polar surface area (TPSA) is 30.5 Å². The molecule has 2 aliphatic heterocycles. The molecule has 17 heavy (non-hydrogen) atoms. The molecule has 0 saturated carbocycles. The summed E-state index contributed by atoms with van der Waals surface area (Å²) >= 11 is 0. The van der Waals surface area contributed by atoms with Gasteiger partial charge >= 0.3 is 0 Å². The van der Waals surface area contributed by atoms with Crippen LogP contribution < -0.4 is 5.32 Å². The molecule has 2 heterocycles. The first-order valence-electron chi connectivity index (χ1n) is 6.35. The van der Waals surface area contributed by atoms with Crippen LogP contribution in [-0.4, -0.2) is 31.5 Å². The number of ether oxygens (including phenoxy) is 2. The van der Waals surface area contributed by atoms with E-state index in [9.17, 15) is 0 Å². The van der Waals surface area contributed by atoms with Gasteiger partial charge in [-0.1, -0.05) is 37.3 Å². The van der Waals surface area contributed by atoms with Gasteiger partial charge in [0, 0.05) is 12.5 Å². The molecule has 0 bridgehead atoms. The van der Waals surface area contributed by atoms with Crippen molar-refractivity contribution in [1.82, 2.24) is 5.32 Å². The van der Waals surface area contributed by atoms with E-state index in [2.05, 4.69) is 36.5 Å². The van der Waals surface area contributed by atoms with Gasteiger partial charge < -0.3 is 14.8 Å². The molecule has 4 atom stereocenters. The van der Waals surface area contributed by atoms with Gasteiger partial charge in [0.05, 0.1) is 25.4 Å². The normalized spacial score (nSPS) is 36.1. The molecule has 0 amide bonds. The lowest BCUT2D eigenvalue weighted by molar-refractivity contribution is 0.0638. The van der Waals surface area contributed by atoms with Crippen molar-refractivity contribution in [1.29, 1.82) is 0 Å². The van der Waals surface area contributed by atoms with Crippen molar-refractivity contribution >= 4 is 0 Å². The van der Waals surface area contributed by atoms with Crippen LogP contribution in [0.15, 0.2) is 30.3 Å². The minimum absolute atomic E-state index is 0.244. The Balaban J connectivity index is 1.57. The molecule has 0 spiro atoms. The van der Waals surface area contributed by atoms with Crippen LogP contribution in [0.4, 0.5) is 0 Å². The van der Waals surface area contributed by atoms with Crippen LogP contribution in [-0.2, 0) is 16.0 Å². The maximum Gasteiger partial charge on any atom is 0.101 e. The monoisotopic (exact) mass is 233 g/mol. The highest BCUT2D eigenvalue weighted by Crippen LogP contribution is 2.30. The number of hydrogen-bond donors (Lipinski definition) is 1. The standard InChI is InChI=1S/C14H19NO2/c1-10-8-16-14-12(9-17-13(10)14)15-7-11-5-3-2-4-6-11/h2-6,10,12-15H,7-9H2,1H3/t10-,12-,13+,14+/m0/s1.